The molecule has 1 aromatic carbocycles. The first-order valence-electron chi connectivity index (χ1n) is 5.50. The summed E-state index contributed by atoms with van der Waals surface area (Å²) in [4.78, 5) is 10.8. The Morgan fingerprint density at radius 1 is 1.17 bits per heavy atom. The monoisotopic (exact) mass is 279 g/mol. The van der Waals surface area contributed by atoms with Crippen LogP contribution in [0.2, 0.25) is 5.02 Å². The molecule has 18 heavy (non-hydrogen) atoms. The van der Waals surface area contributed by atoms with Gasteiger partial charge in [-0.15, -0.1) is 0 Å². The van der Waals surface area contributed by atoms with E-state index in [1.165, 1.54) is 11.8 Å². The summed E-state index contributed by atoms with van der Waals surface area (Å²) in [6.07, 6.45) is 1.95. The van der Waals surface area contributed by atoms with Gasteiger partial charge in [-0.25, -0.2) is 9.97 Å². The second-order valence-corrected chi connectivity index (χ2v) is 4.98. The van der Waals surface area contributed by atoms with Crippen molar-refractivity contribution in [2.45, 2.75) is 12.1 Å². The summed E-state index contributed by atoms with van der Waals surface area (Å²) in [5, 5.41) is 1.33. The number of nitrogens with zero attached hydrogens (tertiary/aromatic N) is 3. The standard InChI is InChI=1S/C13H14ClN3S/c1-9-11(14)12(16-13(15-9)18-3)17(2)10-7-5-4-6-8-10/h4-8H,1-3H3. The maximum atomic E-state index is 6.29. The number of thioether (sulfide) groups is 1. The fourth-order valence-corrected chi connectivity index (χ4v) is 2.22. The first kappa shape index (κ1) is 13.2. The van der Waals surface area contributed by atoms with Gasteiger partial charge < -0.3 is 4.90 Å². The maximum Gasteiger partial charge on any atom is 0.189 e. The minimum absolute atomic E-state index is 0.596. The van der Waals surface area contributed by atoms with Gasteiger partial charge in [-0.3, -0.25) is 0 Å². The molecule has 0 bridgehead atoms. The Hall–Kier alpha value is -1.26. The first-order chi connectivity index (χ1) is 8.63. The van der Waals surface area contributed by atoms with E-state index in [1.807, 2.05) is 55.5 Å². The molecule has 5 heteroatoms. The normalized spacial score (nSPS) is 10.4. The van der Waals surface area contributed by atoms with Gasteiger partial charge in [0.2, 0.25) is 0 Å². The molecule has 1 aromatic heterocycles. The highest BCUT2D eigenvalue weighted by molar-refractivity contribution is 7.98. The van der Waals surface area contributed by atoms with Crippen LogP contribution in [0.4, 0.5) is 11.5 Å². The number of para-hydroxylation sites is 1. The SMILES string of the molecule is CSc1nc(C)c(Cl)c(N(C)c2ccccc2)n1. The highest BCUT2D eigenvalue weighted by atomic mass is 35.5. The van der Waals surface area contributed by atoms with Crippen molar-refractivity contribution in [1.82, 2.24) is 9.97 Å². The summed E-state index contributed by atoms with van der Waals surface area (Å²) in [6, 6.07) is 10.0. The van der Waals surface area contributed by atoms with Crippen molar-refractivity contribution in [2.75, 3.05) is 18.2 Å². The van der Waals surface area contributed by atoms with Crippen molar-refractivity contribution in [3.63, 3.8) is 0 Å². The smallest absolute Gasteiger partial charge is 0.189 e. The lowest BCUT2D eigenvalue weighted by molar-refractivity contribution is 0.917. The summed E-state index contributed by atoms with van der Waals surface area (Å²) in [5.41, 5.74) is 1.85. The number of aromatic nitrogens is 2. The molecule has 0 aliphatic rings. The number of hydrogen-bond acceptors (Lipinski definition) is 4. The van der Waals surface area contributed by atoms with Crippen molar-refractivity contribution in [3.05, 3.63) is 41.0 Å². The summed E-state index contributed by atoms with van der Waals surface area (Å²) in [5.74, 6) is 0.736. The summed E-state index contributed by atoms with van der Waals surface area (Å²) in [6.45, 7) is 1.89. The van der Waals surface area contributed by atoms with E-state index < -0.39 is 0 Å². The molecular weight excluding hydrogens is 266 g/mol. The van der Waals surface area contributed by atoms with Crippen molar-refractivity contribution in [2.24, 2.45) is 0 Å². The van der Waals surface area contributed by atoms with Crippen LogP contribution in [-0.2, 0) is 0 Å². The van der Waals surface area contributed by atoms with Crippen molar-refractivity contribution < 1.29 is 0 Å². The van der Waals surface area contributed by atoms with E-state index in [4.69, 9.17) is 11.6 Å². The quantitative estimate of drug-likeness (QED) is 0.629. The third-order valence-electron chi connectivity index (χ3n) is 2.62. The highest BCUT2D eigenvalue weighted by Crippen LogP contribution is 2.31. The van der Waals surface area contributed by atoms with Gasteiger partial charge in [0.25, 0.3) is 0 Å². The van der Waals surface area contributed by atoms with Crippen LogP contribution in [0.25, 0.3) is 0 Å². The zero-order chi connectivity index (χ0) is 13.1. The van der Waals surface area contributed by atoms with Gasteiger partial charge in [-0.1, -0.05) is 41.6 Å². The molecule has 0 unspecified atom stereocenters. The maximum absolute atomic E-state index is 6.29. The number of anilines is 2. The topological polar surface area (TPSA) is 29.0 Å². The lowest BCUT2D eigenvalue weighted by atomic mass is 10.3. The number of halogens is 1. The Labute approximate surface area is 116 Å². The predicted octanol–water partition coefficient (Wildman–Crippen LogP) is 3.93. The van der Waals surface area contributed by atoms with E-state index in [0.717, 1.165) is 22.4 Å². The van der Waals surface area contributed by atoms with Crippen LogP contribution in [-0.4, -0.2) is 23.3 Å². The zero-order valence-electron chi connectivity index (χ0n) is 10.5. The second kappa shape index (κ2) is 5.59. The van der Waals surface area contributed by atoms with Gasteiger partial charge in [0, 0.05) is 12.7 Å². The predicted molar refractivity (Wildman–Crippen MR) is 78.1 cm³/mol. The van der Waals surface area contributed by atoms with E-state index >= 15 is 0 Å². The average molecular weight is 280 g/mol. The molecule has 0 atom stereocenters. The van der Waals surface area contributed by atoms with E-state index in [0.29, 0.717) is 5.02 Å². The van der Waals surface area contributed by atoms with E-state index in [2.05, 4.69) is 9.97 Å². The molecule has 0 fully saturated rings. The number of benzene rings is 1. The molecule has 0 N–H and O–H groups in total. The molecule has 94 valence electrons. The Bertz CT molecular complexity index is 545. The molecule has 2 rings (SSSR count). The van der Waals surface area contributed by atoms with Gasteiger partial charge in [-0.2, -0.15) is 0 Å². The Kier molecular flexibility index (Phi) is 4.09. The lowest BCUT2D eigenvalue weighted by Gasteiger charge is -2.20. The van der Waals surface area contributed by atoms with Crippen LogP contribution in [0.1, 0.15) is 5.69 Å². The molecule has 0 aliphatic heterocycles. The molecule has 0 saturated carbocycles. The van der Waals surface area contributed by atoms with Crippen LogP contribution in [0, 0.1) is 6.92 Å². The largest absolute Gasteiger partial charge is 0.328 e. The molecule has 2 aromatic rings. The number of rotatable bonds is 3. The lowest BCUT2D eigenvalue weighted by Crippen LogP contribution is -2.13. The van der Waals surface area contributed by atoms with Crippen molar-refractivity contribution in [1.29, 1.82) is 0 Å². The number of hydrogen-bond donors (Lipinski definition) is 0. The second-order valence-electron chi connectivity index (χ2n) is 3.83. The van der Waals surface area contributed by atoms with E-state index in [9.17, 15) is 0 Å². The first-order valence-corrected chi connectivity index (χ1v) is 7.10. The van der Waals surface area contributed by atoms with Crippen molar-refractivity contribution >= 4 is 34.9 Å². The fraction of sp³-hybridized carbons (Fsp3) is 0.231. The molecule has 0 spiro atoms. The van der Waals surface area contributed by atoms with Crippen LogP contribution >= 0.6 is 23.4 Å². The Morgan fingerprint density at radius 2 is 1.83 bits per heavy atom. The van der Waals surface area contributed by atoms with Gasteiger partial charge in [0.15, 0.2) is 11.0 Å². The Balaban J connectivity index is 2.47. The van der Waals surface area contributed by atoms with Crippen LogP contribution in [0.5, 0.6) is 0 Å². The average Bonchev–Trinajstić information content (AvgIpc) is 2.42. The minimum atomic E-state index is 0.596. The van der Waals surface area contributed by atoms with Crippen LogP contribution < -0.4 is 4.90 Å². The Morgan fingerprint density at radius 3 is 2.44 bits per heavy atom. The summed E-state index contributed by atoms with van der Waals surface area (Å²) in [7, 11) is 1.95. The van der Waals surface area contributed by atoms with Gasteiger partial charge in [-0.05, 0) is 25.3 Å². The van der Waals surface area contributed by atoms with E-state index in [1.54, 1.807) is 0 Å². The molecule has 0 amide bonds. The summed E-state index contributed by atoms with van der Waals surface area (Å²) >= 11 is 7.80. The third kappa shape index (κ3) is 2.60. The van der Waals surface area contributed by atoms with Gasteiger partial charge in [0.1, 0.15) is 5.02 Å². The van der Waals surface area contributed by atoms with Crippen molar-refractivity contribution in [3.8, 4) is 0 Å². The minimum Gasteiger partial charge on any atom is -0.328 e. The molecule has 3 nitrogen and oxygen atoms in total. The molecule has 0 saturated heterocycles. The van der Waals surface area contributed by atoms with Crippen LogP contribution in [0.15, 0.2) is 35.5 Å². The zero-order valence-corrected chi connectivity index (χ0v) is 12.1. The van der Waals surface area contributed by atoms with Gasteiger partial charge >= 0.3 is 0 Å². The van der Waals surface area contributed by atoms with Gasteiger partial charge in [0.05, 0.1) is 5.69 Å². The highest BCUT2D eigenvalue weighted by Gasteiger charge is 2.14. The fourth-order valence-electron chi connectivity index (χ4n) is 1.61. The molecule has 0 aliphatic carbocycles. The molecule has 0 radical (unpaired) electrons. The van der Waals surface area contributed by atoms with E-state index in [-0.39, 0.29) is 0 Å². The van der Waals surface area contributed by atoms with Crippen LogP contribution in [0.3, 0.4) is 0 Å². The summed E-state index contributed by atoms with van der Waals surface area (Å²) < 4.78 is 0. The third-order valence-corrected chi connectivity index (χ3v) is 3.61. The number of aryl methyl sites for hydroxylation is 1. The molecular formula is C13H14ClN3S. The molecule has 1 heterocycles.